The van der Waals surface area contributed by atoms with Crippen LogP contribution >= 0.6 is 0 Å². The highest BCUT2D eigenvalue weighted by molar-refractivity contribution is 5.80. The third-order valence-electron chi connectivity index (χ3n) is 6.37. The number of likely N-dealkylation sites (tertiary alicyclic amines) is 1. The molecule has 29 heavy (non-hydrogen) atoms. The molecule has 2 unspecified atom stereocenters. The summed E-state index contributed by atoms with van der Waals surface area (Å²) in [6.07, 6.45) is 4.51. The van der Waals surface area contributed by atoms with Crippen LogP contribution in [0, 0.1) is 11.8 Å². The molecule has 1 aromatic rings. The Labute approximate surface area is 177 Å². The standard InChI is InChI=1S/C23H40N6/c1-6-24-23(27-21-16-29(17(2)3)15-19(21)5)26-14-20-7-8-22(25-13-20)28-11-9-18(4)10-12-28/h7-8,13,17-19,21H,6,9-12,14-16H2,1-5H3,(H2,24,26,27). The first kappa shape index (κ1) is 21.9. The Kier molecular flexibility index (Phi) is 7.76. The molecule has 2 atom stereocenters. The molecule has 3 rings (SSSR count). The quantitative estimate of drug-likeness (QED) is 0.568. The topological polar surface area (TPSA) is 55.8 Å². The van der Waals surface area contributed by atoms with E-state index in [0.717, 1.165) is 56.0 Å². The van der Waals surface area contributed by atoms with E-state index in [-0.39, 0.29) is 0 Å². The number of anilines is 1. The Morgan fingerprint density at radius 1 is 1.21 bits per heavy atom. The van der Waals surface area contributed by atoms with Crippen LogP contribution in [-0.4, -0.2) is 60.7 Å². The number of aliphatic imine (C=N–C) groups is 1. The van der Waals surface area contributed by atoms with Gasteiger partial charge in [0.05, 0.1) is 6.54 Å². The smallest absolute Gasteiger partial charge is 0.191 e. The number of pyridine rings is 1. The average molecular weight is 401 g/mol. The number of hydrogen-bond donors (Lipinski definition) is 2. The second-order valence-electron chi connectivity index (χ2n) is 9.17. The average Bonchev–Trinajstić information content (AvgIpc) is 3.08. The number of aromatic nitrogens is 1. The van der Waals surface area contributed by atoms with Gasteiger partial charge in [0.15, 0.2) is 5.96 Å². The molecule has 162 valence electrons. The zero-order valence-corrected chi connectivity index (χ0v) is 19.0. The van der Waals surface area contributed by atoms with E-state index in [1.807, 2.05) is 6.20 Å². The zero-order chi connectivity index (χ0) is 20.8. The lowest BCUT2D eigenvalue weighted by molar-refractivity contribution is 0.265. The van der Waals surface area contributed by atoms with E-state index in [0.29, 0.717) is 24.5 Å². The number of nitrogens with zero attached hydrogens (tertiary/aromatic N) is 4. The maximum absolute atomic E-state index is 4.83. The minimum Gasteiger partial charge on any atom is -0.357 e. The summed E-state index contributed by atoms with van der Waals surface area (Å²) >= 11 is 0. The van der Waals surface area contributed by atoms with Crippen molar-refractivity contribution in [1.82, 2.24) is 20.5 Å². The molecule has 2 fully saturated rings. The predicted octanol–water partition coefficient (Wildman–Crippen LogP) is 3.10. The highest BCUT2D eigenvalue weighted by Gasteiger charge is 2.31. The normalized spacial score (nSPS) is 24.3. The highest BCUT2D eigenvalue weighted by atomic mass is 15.3. The van der Waals surface area contributed by atoms with Gasteiger partial charge in [0, 0.05) is 51.0 Å². The van der Waals surface area contributed by atoms with Gasteiger partial charge in [0.1, 0.15) is 5.82 Å². The van der Waals surface area contributed by atoms with Gasteiger partial charge in [0.25, 0.3) is 0 Å². The van der Waals surface area contributed by atoms with Crippen molar-refractivity contribution in [2.75, 3.05) is 37.6 Å². The van der Waals surface area contributed by atoms with Crippen molar-refractivity contribution < 1.29 is 0 Å². The molecule has 2 N–H and O–H groups in total. The van der Waals surface area contributed by atoms with Crippen LogP contribution in [-0.2, 0) is 6.54 Å². The molecule has 6 nitrogen and oxygen atoms in total. The summed E-state index contributed by atoms with van der Waals surface area (Å²) in [5, 5.41) is 7.06. The Bertz CT molecular complexity index is 648. The summed E-state index contributed by atoms with van der Waals surface area (Å²) in [5.41, 5.74) is 1.15. The van der Waals surface area contributed by atoms with Gasteiger partial charge in [-0.2, -0.15) is 0 Å². The van der Waals surface area contributed by atoms with E-state index < -0.39 is 0 Å². The number of hydrogen-bond acceptors (Lipinski definition) is 4. The predicted molar refractivity (Wildman–Crippen MR) is 122 cm³/mol. The minimum atomic E-state index is 0.442. The van der Waals surface area contributed by atoms with E-state index in [9.17, 15) is 0 Å². The van der Waals surface area contributed by atoms with Crippen molar-refractivity contribution in [3.05, 3.63) is 23.9 Å². The summed E-state index contributed by atoms with van der Waals surface area (Å²) < 4.78 is 0. The summed E-state index contributed by atoms with van der Waals surface area (Å²) in [6.45, 7) is 17.3. The molecule has 0 radical (unpaired) electrons. The Morgan fingerprint density at radius 3 is 2.55 bits per heavy atom. The molecular weight excluding hydrogens is 360 g/mol. The summed E-state index contributed by atoms with van der Waals surface area (Å²) in [7, 11) is 0. The van der Waals surface area contributed by atoms with Crippen LogP contribution in [0.2, 0.25) is 0 Å². The molecule has 6 heteroatoms. The van der Waals surface area contributed by atoms with Gasteiger partial charge >= 0.3 is 0 Å². The third kappa shape index (κ3) is 6.08. The van der Waals surface area contributed by atoms with Crippen LogP contribution in [0.3, 0.4) is 0 Å². The van der Waals surface area contributed by atoms with Crippen LogP contribution in [0.15, 0.2) is 23.3 Å². The molecular formula is C23H40N6. The molecule has 0 aliphatic carbocycles. The summed E-state index contributed by atoms with van der Waals surface area (Å²) in [6, 6.07) is 5.36. The number of nitrogens with one attached hydrogen (secondary N) is 2. The molecule has 2 aliphatic rings. The third-order valence-corrected chi connectivity index (χ3v) is 6.37. The SMILES string of the molecule is CCNC(=NCc1ccc(N2CCC(C)CC2)nc1)NC1CN(C(C)C)CC1C. The highest BCUT2D eigenvalue weighted by Crippen LogP contribution is 2.21. The van der Waals surface area contributed by atoms with E-state index in [4.69, 9.17) is 9.98 Å². The Balaban J connectivity index is 1.57. The first-order valence-electron chi connectivity index (χ1n) is 11.4. The van der Waals surface area contributed by atoms with Gasteiger partial charge in [-0.05, 0) is 57.1 Å². The van der Waals surface area contributed by atoms with Crippen molar-refractivity contribution in [2.24, 2.45) is 16.8 Å². The zero-order valence-electron chi connectivity index (χ0n) is 19.0. The number of rotatable bonds is 6. The maximum Gasteiger partial charge on any atom is 0.191 e. The van der Waals surface area contributed by atoms with Crippen molar-refractivity contribution in [3.8, 4) is 0 Å². The summed E-state index contributed by atoms with van der Waals surface area (Å²) in [5.74, 6) is 3.47. The molecule has 0 bridgehead atoms. The van der Waals surface area contributed by atoms with Crippen LogP contribution in [0.1, 0.15) is 53.0 Å². The first-order valence-corrected chi connectivity index (χ1v) is 11.4. The fourth-order valence-corrected chi connectivity index (χ4v) is 4.21. The number of piperidine rings is 1. The lowest BCUT2D eigenvalue weighted by Gasteiger charge is -2.31. The van der Waals surface area contributed by atoms with Crippen LogP contribution in [0.5, 0.6) is 0 Å². The van der Waals surface area contributed by atoms with Gasteiger partial charge in [-0.1, -0.05) is 19.9 Å². The number of guanidine groups is 1. The Hall–Kier alpha value is -1.82. The van der Waals surface area contributed by atoms with E-state index >= 15 is 0 Å². The van der Waals surface area contributed by atoms with Gasteiger partial charge in [0.2, 0.25) is 0 Å². The summed E-state index contributed by atoms with van der Waals surface area (Å²) in [4.78, 5) is 14.5. The van der Waals surface area contributed by atoms with Gasteiger partial charge in [-0.25, -0.2) is 9.98 Å². The maximum atomic E-state index is 4.83. The largest absolute Gasteiger partial charge is 0.357 e. The van der Waals surface area contributed by atoms with Gasteiger partial charge < -0.3 is 15.5 Å². The fraction of sp³-hybridized carbons (Fsp3) is 0.739. The molecule has 0 spiro atoms. The lowest BCUT2D eigenvalue weighted by atomic mass is 9.99. The van der Waals surface area contributed by atoms with E-state index in [2.05, 4.69) is 67.2 Å². The van der Waals surface area contributed by atoms with Crippen molar-refractivity contribution in [1.29, 1.82) is 0 Å². The molecule has 0 aromatic carbocycles. The second kappa shape index (κ2) is 10.3. The van der Waals surface area contributed by atoms with Gasteiger partial charge in [-0.15, -0.1) is 0 Å². The van der Waals surface area contributed by atoms with Crippen LogP contribution in [0.4, 0.5) is 5.82 Å². The monoisotopic (exact) mass is 400 g/mol. The molecule has 3 heterocycles. The van der Waals surface area contributed by atoms with E-state index in [1.54, 1.807) is 0 Å². The minimum absolute atomic E-state index is 0.442. The molecule has 2 aliphatic heterocycles. The van der Waals surface area contributed by atoms with Crippen LogP contribution in [0.25, 0.3) is 0 Å². The first-order chi connectivity index (χ1) is 14.0. The fourth-order valence-electron chi connectivity index (χ4n) is 4.21. The van der Waals surface area contributed by atoms with Crippen molar-refractivity contribution >= 4 is 11.8 Å². The van der Waals surface area contributed by atoms with Crippen LogP contribution < -0.4 is 15.5 Å². The molecule has 1 aromatic heterocycles. The van der Waals surface area contributed by atoms with Gasteiger partial charge in [-0.3, -0.25) is 4.90 Å². The lowest BCUT2D eigenvalue weighted by Crippen LogP contribution is -2.46. The molecule has 0 saturated carbocycles. The Morgan fingerprint density at radius 2 is 1.97 bits per heavy atom. The second-order valence-corrected chi connectivity index (χ2v) is 9.17. The molecule has 2 saturated heterocycles. The van der Waals surface area contributed by atoms with Crippen molar-refractivity contribution in [2.45, 2.75) is 66.1 Å². The van der Waals surface area contributed by atoms with E-state index in [1.165, 1.54) is 12.8 Å². The van der Waals surface area contributed by atoms with Crippen molar-refractivity contribution in [3.63, 3.8) is 0 Å². The molecule has 0 amide bonds.